The first-order chi connectivity index (χ1) is 10.0. The summed E-state index contributed by atoms with van der Waals surface area (Å²) in [5, 5.41) is 7.49. The van der Waals surface area contributed by atoms with Gasteiger partial charge in [0.05, 0.1) is 18.0 Å². The van der Waals surface area contributed by atoms with Crippen molar-refractivity contribution in [1.29, 1.82) is 0 Å². The molecule has 0 bridgehead atoms. The van der Waals surface area contributed by atoms with Gasteiger partial charge in [-0.25, -0.2) is 0 Å². The number of thiophene rings is 1. The number of rotatable bonds is 6. The fourth-order valence-corrected chi connectivity index (χ4v) is 2.27. The summed E-state index contributed by atoms with van der Waals surface area (Å²) in [4.78, 5) is 23.7. The second kappa shape index (κ2) is 9.27. The Morgan fingerprint density at radius 3 is 2.81 bits per heavy atom. The van der Waals surface area contributed by atoms with E-state index in [9.17, 15) is 9.59 Å². The lowest BCUT2D eigenvalue weighted by Crippen LogP contribution is -2.51. The number of thiocarbonyl (C=S) groups is 1. The van der Waals surface area contributed by atoms with Crippen molar-refractivity contribution in [3.8, 4) is 0 Å². The highest BCUT2D eigenvalue weighted by Crippen LogP contribution is 2.07. The van der Waals surface area contributed by atoms with Crippen molar-refractivity contribution in [2.45, 2.75) is 13.0 Å². The predicted octanol–water partition coefficient (Wildman–Crippen LogP) is 0.00810. The zero-order valence-electron chi connectivity index (χ0n) is 11.8. The summed E-state index contributed by atoms with van der Waals surface area (Å²) in [6.45, 7) is 2.24. The number of hydrogen-bond acceptors (Lipinski definition) is 5. The van der Waals surface area contributed by atoms with E-state index >= 15 is 0 Å². The summed E-state index contributed by atoms with van der Waals surface area (Å²) >= 11 is 6.30. The zero-order chi connectivity index (χ0) is 15.7. The van der Waals surface area contributed by atoms with Crippen molar-refractivity contribution < 1.29 is 14.3 Å². The van der Waals surface area contributed by atoms with Gasteiger partial charge in [-0.05, 0) is 30.6 Å². The molecule has 1 aromatic rings. The van der Waals surface area contributed by atoms with Crippen molar-refractivity contribution in [2.24, 2.45) is 0 Å². The summed E-state index contributed by atoms with van der Waals surface area (Å²) in [6, 6.07) is 3.48. The minimum Gasteiger partial charge on any atom is -0.383 e. The Labute approximate surface area is 132 Å². The second-order valence-corrected chi connectivity index (χ2v) is 5.52. The maximum Gasteiger partial charge on any atom is 0.261 e. The fraction of sp³-hybridized carbons (Fsp3) is 0.417. The van der Waals surface area contributed by atoms with Gasteiger partial charge in [0, 0.05) is 13.2 Å². The van der Waals surface area contributed by atoms with Crippen LogP contribution in [0.4, 0.5) is 0 Å². The van der Waals surface area contributed by atoms with E-state index < -0.39 is 5.91 Å². The standard InChI is InChI=1S/C12H18N4O3S2/c1-8(7-19-2)14-12(20)16-15-10(17)6-13-11(18)9-4-3-5-21-9/h3-5,8H,6-7H2,1-2H3,(H,13,18)(H,15,17)(H2,14,16,20)/t8-/m0/s1. The Morgan fingerprint density at radius 1 is 1.43 bits per heavy atom. The molecule has 0 fully saturated rings. The van der Waals surface area contributed by atoms with Gasteiger partial charge in [-0.15, -0.1) is 11.3 Å². The Kier molecular flexibility index (Phi) is 7.65. The molecule has 9 heteroatoms. The summed E-state index contributed by atoms with van der Waals surface area (Å²) in [6.07, 6.45) is 0. The number of hydrazine groups is 1. The Balaban J connectivity index is 2.19. The van der Waals surface area contributed by atoms with E-state index in [2.05, 4.69) is 21.5 Å². The van der Waals surface area contributed by atoms with Crippen LogP contribution in [0.5, 0.6) is 0 Å². The number of ether oxygens (including phenoxy) is 1. The van der Waals surface area contributed by atoms with Crippen LogP contribution < -0.4 is 21.5 Å². The number of carbonyl (C=O) groups is 2. The molecule has 1 heterocycles. The van der Waals surface area contributed by atoms with Gasteiger partial charge in [-0.3, -0.25) is 20.4 Å². The summed E-state index contributed by atoms with van der Waals surface area (Å²) in [5.74, 6) is -0.682. The molecule has 1 aromatic heterocycles. The first-order valence-corrected chi connectivity index (χ1v) is 7.47. The van der Waals surface area contributed by atoms with Crippen molar-refractivity contribution in [3.63, 3.8) is 0 Å². The minimum atomic E-state index is -0.400. The van der Waals surface area contributed by atoms with Crippen LogP contribution in [-0.4, -0.2) is 43.2 Å². The van der Waals surface area contributed by atoms with E-state index in [1.54, 1.807) is 24.6 Å². The van der Waals surface area contributed by atoms with Gasteiger partial charge in [0.15, 0.2) is 5.11 Å². The zero-order valence-corrected chi connectivity index (χ0v) is 13.4. The van der Waals surface area contributed by atoms with Crippen molar-refractivity contribution in [1.82, 2.24) is 21.5 Å². The number of methoxy groups -OCH3 is 1. The van der Waals surface area contributed by atoms with E-state index in [-0.39, 0.29) is 23.6 Å². The van der Waals surface area contributed by atoms with E-state index in [0.717, 1.165) is 0 Å². The van der Waals surface area contributed by atoms with Gasteiger partial charge in [0.1, 0.15) is 0 Å². The average molecular weight is 330 g/mol. The number of carbonyl (C=O) groups excluding carboxylic acids is 2. The van der Waals surface area contributed by atoms with Gasteiger partial charge in [-0.1, -0.05) is 6.07 Å². The van der Waals surface area contributed by atoms with Gasteiger partial charge in [0.2, 0.25) is 0 Å². The van der Waals surface area contributed by atoms with E-state index in [1.165, 1.54) is 11.3 Å². The highest BCUT2D eigenvalue weighted by Gasteiger charge is 2.09. The topological polar surface area (TPSA) is 91.5 Å². The third kappa shape index (κ3) is 7.02. The lowest BCUT2D eigenvalue weighted by atomic mass is 10.4. The molecule has 1 atom stereocenters. The van der Waals surface area contributed by atoms with E-state index in [4.69, 9.17) is 17.0 Å². The SMILES string of the molecule is COC[C@H](C)NC(=S)NNC(=O)CNC(=O)c1cccs1. The highest BCUT2D eigenvalue weighted by atomic mass is 32.1. The first-order valence-electron chi connectivity index (χ1n) is 6.19. The van der Waals surface area contributed by atoms with Crippen LogP contribution in [0.2, 0.25) is 0 Å². The Morgan fingerprint density at radius 2 is 2.19 bits per heavy atom. The number of nitrogens with one attached hydrogen (secondary N) is 4. The van der Waals surface area contributed by atoms with Crippen LogP contribution in [0.1, 0.15) is 16.6 Å². The van der Waals surface area contributed by atoms with Crippen LogP contribution in [0, 0.1) is 0 Å². The summed E-state index contributed by atoms with van der Waals surface area (Å²) in [7, 11) is 1.59. The van der Waals surface area contributed by atoms with Crippen molar-refractivity contribution >= 4 is 40.5 Å². The second-order valence-electron chi connectivity index (χ2n) is 4.16. The maximum atomic E-state index is 11.6. The quantitative estimate of drug-likeness (QED) is 0.434. The van der Waals surface area contributed by atoms with Gasteiger partial charge >= 0.3 is 0 Å². The summed E-state index contributed by atoms with van der Waals surface area (Å²) < 4.78 is 4.95. The number of hydrogen-bond donors (Lipinski definition) is 4. The summed E-state index contributed by atoms with van der Waals surface area (Å²) in [5.41, 5.74) is 4.93. The third-order valence-corrected chi connectivity index (χ3v) is 3.35. The molecule has 1 rings (SSSR count). The van der Waals surface area contributed by atoms with Gasteiger partial charge < -0.3 is 15.4 Å². The Hall–Kier alpha value is -1.71. The third-order valence-electron chi connectivity index (χ3n) is 2.26. The molecule has 7 nitrogen and oxygen atoms in total. The molecule has 4 N–H and O–H groups in total. The van der Waals surface area contributed by atoms with Crippen molar-refractivity contribution in [3.05, 3.63) is 22.4 Å². The first kappa shape index (κ1) is 17.3. The largest absolute Gasteiger partial charge is 0.383 e. The lowest BCUT2D eigenvalue weighted by molar-refractivity contribution is -0.120. The molecule has 0 spiro atoms. The molecule has 0 aliphatic heterocycles. The molecule has 21 heavy (non-hydrogen) atoms. The molecule has 0 radical (unpaired) electrons. The molecule has 0 aliphatic rings. The molecule has 116 valence electrons. The molecule has 0 saturated heterocycles. The molecular formula is C12H18N4O3S2. The van der Waals surface area contributed by atoms with Gasteiger partial charge in [-0.2, -0.15) is 0 Å². The highest BCUT2D eigenvalue weighted by molar-refractivity contribution is 7.80. The number of amides is 2. The van der Waals surface area contributed by atoms with Crippen LogP contribution in [0.25, 0.3) is 0 Å². The van der Waals surface area contributed by atoms with Crippen LogP contribution in [0.15, 0.2) is 17.5 Å². The molecule has 0 aromatic carbocycles. The van der Waals surface area contributed by atoms with Gasteiger partial charge in [0.25, 0.3) is 11.8 Å². The Bertz CT molecular complexity index is 479. The van der Waals surface area contributed by atoms with Crippen LogP contribution in [-0.2, 0) is 9.53 Å². The fourth-order valence-electron chi connectivity index (χ4n) is 1.38. The smallest absolute Gasteiger partial charge is 0.261 e. The average Bonchev–Trinajstić information content (AvgIpc) is 2.97. The molecule has 0 saturated carbocycles. The van der Waals surface area contributed by atoms with Crippen LogP contribution >= 0.6 is 23.6 Å². The molecule has 0 unspecified atom stereocenters. The monoisotopic (exact) mass is 330 g/mol. The normalized spacial score (nSPS) is 11.3. The molecular weight excluding hydrogens is 312 g/mol. The van der Waals surface area contributed by atoms with E-state index in [0.29, 0.717) is 11.5 Å². The lowest BCUT2D eigenvalue weighted by Gasteiger charge is -2.16. The molecule has 0 aliphatic carbocycles. The maximum absolute atomic E-state index is 11.6. The van der Waals surface area contributed by atoms with Crippen molar-refractivity contribution in [2.75, 3.05) is 20.3 Å². The van der Waals surface area contributed by atoms with E-state index in [1.807, 2.05) is 6.92 Å². The predicted molar refractivity (Wildman–Crippen MR) is 85.0 cm³/mol. The minimum absolute atomic E-state index is 0.0189. The molecule has 2 amide bonds. The van der Waals surface area contributed by atoms with Crippen LogP contribution in [0.3, 0.4) is 0 Å².